The van der Waals surface area contributed by atoms with Crippen LogP contribution in [0.4, 0.5) is 0 Å². The van der Waals surface area contributed by atoms with Crippen LogP contribution in [-0.4, -0.2) is 30.5 Å². The molecule has 14 heavy (non-hydrogen) atoms. The van der Waals surface area contributed by atoms with Crippen LogP contribution in [-0.2, 0) is 10.8 Å². The van der Waals surface area contributed by atoms with E-state index < -0.39 is 16.9 Å². The van der Waals surface area contributed by atoms with Gasteiger partial charge in [-0.15, -0.1) is 11.8 Å². The lowest BCUT2D eigenvalue weighted by molar-refractivity contribution is 0.153. The molecule has 84 valence electrons. The van der Waals surface area contributed by atoms with Gasteiger partial charge in [-0.2, -0.15) is 0 Å². The minimum atomic E-state index is -0.857. The van der Waals surface area contributed by atoms with Crippen LogP contribution in [0.1, 0.15) is 40.0 Å². The van der Waals surface area contributed by atoms with E-state index in [1.807, 2.05) is 6.92 Å². The van der Waals surface area contributed by atoms with Gasteiger partial charge in [0.2, 0.25) is 0 Å². The first-order valence-electron chi connectivity index (χ1n) is 5.27. The number of rotatable bonds is 4. The zero-order chi connectivity index (χ0) is 10.8. The van der Waals surface area contributed by atoms with Crippen LogP contribution in [0, 0.1) is 0 Å². The summed E-state index contributed by atoms with van der Waals surface area (Å²) in [6.45, 7) is 6.16. The molecule has 1 aliphatic heterocycles. The van der Waals surface area contributed by atoms with E-state index in [4.69, 9.17) is 0 Å². The summed E-state index contributed by atoms with van der Waals surface area (Å²) in [5, 5.41) is 10.4. The van der Waals surface area contributed by atoms with Gasteiger partial charge < -0.3 is 5.11 Å². The lowest BCUT2D eigenvalue weighted by Crippen LogP contribution is -2.41. The van der Waals surface area contributed by atoms with E-state index in [2.05, 4.69) is 13.8 Å². The molecule has 1 heterocycles. The third kappa shape index (κ3) is 2.34. The SMILES string of the molecule is CCC(O)[C@]1(SC(C)C)CCCS1=O. The Bertz CT molecular complexity index is 218. The van der Waals surface area contributed by atoms with Crippen LogP contribution in [0.2, 0.25) is 0 Å². The highest BCUT2D eigenvalue weighted by Gasteiger charge is 2.47. The van der Waals surface area contributed by atoms with Crippen LogP contribution < -0.4 is 0 Å². The van der Waals surface area contributed by atoms with Gasteiger partial charge in [0.1, 0.15) is 4.08 Å². The Kier molecular flexibility index (Phi) is 4.47. The fourth-order valence-electron chi connectivity index (χ4n) is 1.96. The standard InChI is InChI=1S/C10H20O2S2/c1-4-9(11)10(13-8(2)3)6-5-7-14(10)12/h8-9,11H,4-7H2,1-3H3/t9?,10-,14?/m0/s1. The lowest BCUT2D eigenvalue weighted by Gasteiger charge is -2.33. The summed E-state index contributed by atoms with van der Waals surface area (Å²) in [7, 11) is -0.857. The quantitative estimate of drug-likeness (QED) is 0.812. The second kappa shape index (κ2) is 4.99. The zero-order valence-corrected chi connectivity index (χ0v) is 10.8. The lowest BCUT2D eigenvalue weighted by atomic mass is 10.1. The Morgan fingerprint density at radius 2 is 2.21 bits per heavy atom. The largest absolute Gasteiger partial charge is 0.391 e. The van der Waals surface area contributed by atoms with Crippen LogP contribution in [0.5, 0.6) is 0 Å². The van der Waals surface area contributed by atoms with E-state index in [0.717, 1.165) is 18.6 Å². The highest BCUT2D eigenvalue weighted by molar-refractivity contribution is 8.13. The molecule has 0 aromatic carbocycles. The topological polar surface area (TPSA) is 37.3 Å². The van der Waals surface area contributed by atoms with Gasteiger partial charge in [-0.3, -0.25) is 4.21 Å². The Morgan fingerprint density at radius 1 is 1.57 bits per heavy atom. The third-order valence-corrected chi connectivity index (χ3v) is 6.67. The first-order valence-corrected chi connectivity index (χ1v) is 7.47. The second-order valence-electron chi connectivity index (χ2n) is 4.06. The molecule has 1 rings (SSSR count). The van der Waals surface area contributed by atoms with E-state index in [9.17, 15) is 9.32 Å². The molecule has 2 nitrogen and oxygen atoms in total. The number of thioether (sulfide) groups is 1. The monoisotopic (exact) mass is 236 g/mol. The summed E-state index contributed by atoms with van der Waals surface area (Å²) >= 11 is 1.70. The molecule has 0 aliphatic carbocycles. The number of aliphatic hydroxyl groups is 1. The molecular weight excluding hydrogens is 216 g/mol. The third-order valence-electron chi connectivity index (χ3n) is 2.57. The maximum atomic E-state index is 12.0. The Balaban J connectivity index is 2.83. The van der Waals surface area contributed by atoms with Crippen molar-refractivity contribution >= 4 is 22.6 Å². The van der Waals surface area contributed by atoms with Gasteiger partial charge in [-0.25, -0.2) is 0 Å². The van der Waals surface area contributed by atoms with Crippen LogP contribution in [0.25, 0.3) is 0 Å². The molecule has 1 aliphatic rings. The average molecular weight is 236 g/mol. The van der Waals surface area contributed by atoms with E-state index in [-0.39, 0.29) is 4.08 Å². The molecule has 1 saturated heterocycles. The normalized spacial score (nSPS) is 35.1. The molecule has 0 aromatic rings. The molecule has 0 amide bonds. The van der Waals surface area contributed by atoms with E-state index in [1.165, 1.54) is 0 Å². The molecule has 2 unspecified atom stereocenters. The minimum absolute atomic E-state index is 0.372. The van der Waals surface area contributed by atoms with Crippen molar-refractivity contribution in [1.82, 2.24) is 0 Å². The molecule has 1 fully saturated rings. The summed E-state index contributed by atoms with van der Waals surface area (Å²) in [5.74, 6) is 0.761. The molecule has 0 radical (unpaired) electrons. The summed E-state index contributed by atoms with van der Waals surface area (Å²) in [6.07, 6.45) is 2.17. The predicted octanol–water partition coefficient (Wildman–Crippen LogP) is 2.14. The molecule has 4 heteroatoms. The van der Waals surface area contributed by atoms with Crippen molar-refractivity contribution in [3.05, 3.63) is 0 Å². The second-order valence-corrected chi connectivity index (χ2v) is 8.05. The number of hydrogen-bond acceptors (Lipinski definition) is 3. The Labute approximate surface area is 93.3 Å². The smallest absolute Gasteiger partial charge is 0.117 e. The Morgan fingerprint density at radius 3 is 2.57 bits per heavy atom. The fraction of sp³-hybridized carbons (Fsp3) is 1.00. The maximum absolute atomic E-state index is 12.0. The van der Waals surface area contributed by atoms with Crippen molar-refractivity contribution in [2.24, 2.45) is 0 Å². The maximum Gasteiger partial charge on any atom is 0.117 e. The van der Waals surface area contributed by atoms with Gasteiger partial charge in [-0.1, -0.05) is 20.8 Å². The van der Waals surface area contributed by atoms with Gasteiger partial charge >= 0.3 is 0 Å². The molecule has 0 bridgehead atoms. The van der Waals surface area contributed by atoms with Crippen molar-refractivity contribution in [1.29, 1.82) is 0 Å². The van der Waals surface area contributed by atoms with Crippen molar-refractivity contribution in [3.8, 4) is 0 Å². The van der Waals surface area contributed by atoms with E-state index in [1.54, 1.807) is 11.8 Å². The van der Waals surface area contributed by atoms with Gasteiger partial charge in [0.25, 0.3) is 0 Å². The van der Waals surface area contributed by atoms with Gasteiger partial charge in [0.05, 0.1) is 6.10 Å². The van der Waals surface area contributed by atoms with Crippen LogP contribution >= 0.6 is 11.8 Å². The summed E-state index contributed by atoms with van der Waals surface area (Å²) in [6, 6.07) is 0. The first-order chi connectivity index (χ1) is 6.53. The molecule has 3 atom stereocenters. The average Bonchev–Trinajstić information content (AvgIpc) is 2.47. The fourth-order valence-corrected chi connectivity index (χ4v) is 6.19. The van der Waals surface area contributed by atoms with Gasteiger partial charge in [-0.05, 0) is 19.3 Å². The minimum Gasteiger partial charge on any atom is -0.391 e. The summed E-state index contributed by atoms with van der Waals surface area (Å²) < 4.78 is 11.6. The molecule has 0 aromatic heterocycles. The van der Waals surface area contributed by atoms with Crippen molar-refractivity contribution < 1.29 is 9.32 Å². The van der Waals surface area contributed by atoms with Crippen molar-refractivity contribution in [3.63, 3.8) is 0 Å². The Hall–Kier alpha value is 0.460. The highest BCUT2D eigenvalue weighted by Crippen LogP contribution is 2.45. The zero-order valence-electron chi connectivity index (χ0n) is 9.16. The van der Waals surface area contributed by atoms with E-state index in [0.29, 0.717) is 11.7 Å². The predicted molar refractivity (Wildman–Crippen MR) is 64.0 cm³/mol. The van der Waals surface area contributed by atoms with Crippen LogP contribution in [0.15, 0.2) is 0 Å². The molecule has 1 N–H and O–H groups in total. The summed E-state index contributed by atoms with van der Waals surface area (Å²) in [4.78, 5) is 0. The number of aliphatic hydroxyl groups excluding tert-OH is 1. The van der Waals surface area contributed by atoms with Crippen LogP contribution in [0.3, 0.4) is 0 Å². The highest BCUT2D eigenvalue weighted by atomic mass is 32.2. The van der Waals surface area contributed by atoms with Gasteiger partial charge in [0, 0.05) is 21.8 Å². The molecular formula is C10H20O2S2. The van der Waals surface area contributed by atoms with Crippen molar-refractivity contribution in [2.45, 2.75) is 55.5 Å². The first kappa shape index (κ1) is 12.5. The van der Waals surface area contributed by atoms with Gasteiger partial charge in [0.15, 0.2) is 0 Å². The number of hydrogen-bond donors (Lipinski definition) is 1. The molecule has 0 spiro atoms. The summed E-state index contributed by atoms with van der Waals surface area (Å²) in [5.41, 5.74) is 0. The van der Waals surface area contributed by atoms with Crippen molar-refractivity contribution in [2.75, 3.05) is 5.75 Å². The van der Waals surface area contributed by atoms with E-state index >= 15 is 0 Å². The molecule has 0 saturated carbocycles.